The summed E-state index contributed by atoms with van der Waals surface area (Å²) in [5, 5.41) is 8.87. The zero-order valence-electron chi connectivity index (χ0n) is 8.18. The number of nitriles is 1. The smallest absolute Gasteiger partial charge is 0.403 e. The van der Waals surface area contributed by atoms with Crippen molar-refractivity contribution in [3.8, 4) is 11.8 Å². The van der Waals surface area contributed by atoms with E-state index in [9.17, 15) is 13.2 Å². The highest BCUT2D eigenvalue weighted by atomic mass is 127. The molecule has 0 saturated heterocycles. The summed E-state index contributed by atoms with van der Waals surface area (Å²) >= 11 is 4.77. The lowest BCUT2D eigenvalue weighted by Crippen LogP contribution is -2.18. The summed E-state index contributed by atoms with van der Waals surface area (Å²) in [4.78, 5) is 3.93. The number of alkyl halides is 4. The van der Waals surface area contributed by atoms with Crippen LogP contribution in [-0.2, 0) is 11.8 Å². The van der Waals surface area contributed by atoms with Crippen LogP contribution in [0.3, 0.4) is 0 Å². The summed E-state index contributed by atoms with van der Waals surface area (Å²) in [5.41, 5.74) is 0.953. The largest absolute Gasteiger partial charge is 0.573 e. The number of hydrogen-bond donors (Lipinski definition) is 0. The van der Waals surface area contributed by atoms with Gasteiger partial charge in [-0.2, -0.15) is 5.26 Å². The Kier molecular flexibility index (Phi) is 5.00. The van der Waals surface area contributed by atoms with E-state index >= 15 is 0 Å². The van der Waals surface area contributed by atoms with Gasteiger partial charge in [-0.3, -0.25) is 0 Å². The molecule has 0 saturated carbocycles. The molecule has 0 radical (unpaired) electrons. The van der Waals surface area contributed by atoms with Crippen molar-refractivity contribution in [2.75, 3.05) is 0 Å². The Balaban J connectivity index is 3.14. The Morgan fingerprint density at radius 1 is 1.53 bits per heavy atom. The minimum atomic E-state index is -4.75. The van der Waals surface area contributed by atoms with Gasteiger partial charge in [-0.1, -0.05) is 15.9 Å². The molecule has 0 amide bonds. The van der Waals surface area contributed by atoms with Gasteiger partial charge >= 0.3 is 6.36 Å². The van der Waals surface area contributed by atoms with Crippen molar-refractivity contribution in [2.45, 2.75) is 18.1 Å². The third-order valence-corrected chi connectivity index (χ3v) is 3.11. The standard InChI is InChI=1S/C9H5BrF3IN2O/c10-4-5-3-7(17-9(11,12)13)8(14)16-6(5)1-2-15/h3H,1,4H2. The zero-order chi connectivity index (χ0) is 13.1. The fourth-order valence-electron chi connectivity index (χ4n) is 1.09. The van der Waals surface area contributed by atoms with Gasteiger partial charge in [0.25, 0.3) is 0 Å². The van der Waals surface area contributed by atoms with Crippen molar-refractivity contribution in [3.05, 3.63) is 21.0 Å². The number of rotatable bonds is 3. The fourth-order valence-corrected chi connectivity index (χ4v) is 2.13. The van der Waals surface area contributed by atoms with Gasteiger partial charge in [0, 0.05) is 5.33 Å². The van der Waals surface area contributed by atoms with E-state index in [0.29, 0.717) is 16.6 Å². The second-order valence-electron chi connectivity index (χ2n) is 2.90. The summed E-state index contributed by atoms with van der Waals surface area (Å²) in [7, 11) is 0. The molecule has 0 bridgehead atoms. The van der Waals surface area contributed by atoms with E-state index < -0.39 is 6.36 Å². The molecule has 0 aromatic carbocycles. The van der Waals surface area contributed by atoms with Gasteiger partial charge in [-0.25, -0.2) is 4.98 Å². The van der Waals surface area contributed by atoms with Gasteiger partial charge in [0.15, 0.2) is 5.75 Å². The second-order valence-corrected chi connectivity index (χ2v) is 4.48. The maximum absolute atomic E-state index is 12.1. The van der Waals surface area contributed by atoms with Gasteiger partial charge in [0.2, 0.25) is 0 Å². The molecule has 0 atom stereocenters. The van der Waals surface area contributed by atoms with E-state index in [2.05, 4.69) is 25.7 Å². The number of pyridine rings is 1. The van der Waals surface area contributed by atoms with Crippen LogP contribution in [0.5, 0.6) is 5.75 Å². The average molecular weight is 421 g/mol. The summed E-state index contributed by atoms with van der Waals surface area (Å²) in [5.74, 6) is -0.353. The Hall–Kier alpha value is -0.560. The molecule has 0 unspecified atom stereocenters. The third kappa shape index (κ3) is 4.31. The Labute approximate surface area is 117 Å². The lowest BCUT2D eigenvalue weighted by molar-refractivity contribution is -0.275. The first kappa shape index (κ1) is 14.5. The van der Waals surface area contributed by atoms with E-state index in [1.165, 1.54) is 6.07 Å². The molecular weight excluding hydrogens is 416 g/mol. The first-order valence-electron chi connectivity index (χ1n) is 4.24. The number of aromatic nitrogens is 1. The van der Waals surface area contributed by atoms with Crippen LogP contribution in [0.25, 0.3) is 0 Å². The van der Waals surface area contributed by atoms with Crippen molar-refractivity contribution in [2.24, 2.45) is 0 Å². The quantitative estimate of drug-likeness (QED) is 0.427. The van der Waals surface area contributed by atoms with Crippen molar-refractivity contribution in [3.63, 3.8) is 0 Å². The van der Waals surface area contributed by atoms with Crippen LogP contribution in [0.4, 0.5) is 13.2 Å². The van der Waals surface area contributed by atoms with E-state index in [0.717, 1.165) is 0 Å². The van der Waals surface area contributed by atoms with Gasteiger partial charge in [-0.15, -0.1) is 13.2 Å². The Morgan fingerprint density at radius 3 is 2.65 bits per heavy atom. The molecule has 0 aliphatic heterocycles. The SMILES string of the molecule is N#CCc1nc(I)c(OC(F)(F)F)cc1CBr. The third-order valence-electron chi connectivity index (χ3n) is 1.73. The number of nitrogens with zero attached hydrogens (tertiary/aromatic N) is 2. The first-order valence-corrected chi connectivity index (χ1v) is 6.44. The first-order chi connectivity index (χ1) is 7.87. The molecule has 1 heterocycles. The molecule has 1 aromatic heterocycles. The average Bonchev–Trinajstić information content (AvgIpc) is 2.20. The van der Waals surface area contributed by atoms with Crippen molar-refractivity contribution in [1.29, 1.82) is 5.26 Å². The number of ether oxygens (including phenoxy) is 1. The molecular formula is C9H5BrF3IN2O. The number of halogens is 5. The van der Waals surface area contributed by atoms with E-state index in [1.807, 2.05) is 6.07 Å². The lowest BCUT2D eigenvalue weighted by atomic mass is 10.2. The Bertz CT molecular complexity index is 459. The molecule has 0 aliphatic rings. The Morgan fingerprint density at radius 2 is 2.18 bits per heavy atom. The van der Waals surface area contributed by atoms with E-state index in [-0.39, 0.29) is 15.9 Å². The summed E-state index contributed by atoms with van der Waals surface area (Å²) in [6.45, 7) is 0. The molecule has 0 aliphatic carbocycles. The predicted octanol–water partition coefficient (Wildman–Crippen LogP) is 3.55. The van der Waals surface area contributed by atoms with E-state index in [1.54, 1.807) is 22.6 Å². The van der Waals surface area contributed by atoms with Gasteiger partial charge in [0.1, 0.15) is 3.70 Å². The minimum absolute atomic E-state index is 0.0449. The molecule has 17 heavy (non-hydrogen) atoms. The zero-order valence-corrected chi connectivity index (χ0v) is 11.9. The minimum Gasteiger partial charge on any atom is -0.403 e. The molecule has 92 valence electrons. The molecule has 1 rings (SSSR count). The molecule has 3 nitrogen and oxygen atoms in total. The van der Waals surface area contributed by atoms with Crippen LogP contribution < -0.4 is 4.74 Å². The van der Waals surface area contributed by atoms with Crippen molar-refractivity contribution in [1.82, 2.24) is 4.98 Å². The predicted molar refractivity (Wildman–Crippen MR) is 65.6 cm³/mol. The number of hydrogen-bond acceptors (Lipinski definition) is 3. The van der Waals surface area contributed by atoms with Gasteiger partial charge in [0.05, 0.1) is 18.2 Å². The maximum Gasteiger partial charge on any atom is 0.573 e. The normalized spacial score (nSPS) is 11.1. The van der Waals surface area contributed by atoms with Crippen LogP contribution in [-0.4, -0.2) is 11.3 Å². The monoisotopic (exact) mass is 420 g/mol. The highest BCUT2D eigenvalue weighted by molar-refractivity contribution is 14.1. The topological polar surface area (TPSA) is 45.9 Å². The van der Waals surface area contributed by atoms with Crippen LogP contribution in [0.1, 0.15) is 11.3 Å². The molecule has 1 aromatic rings. The molecule has 0 spiro atoms. The molecule has 0 N–H and O–H groups in total. The van der Waals surface area contributed by atoms with Gasteiger partial charge < -0.3 is 4.74 Å². The highest BCUT2D eigenvalue weighted by Crippen LogP contribution is 2.29. The highest BCUT2D eigenvalue weighted by Gasteiger charge is 2.32. The second kappa shape index (κ2) is 5.86. The lowest BCUT2D eigenvalue weighted by Gasteiger charge is -2.12. The molecule has 0 fully saturated rings. The van der Waals surface area contributed by atoms with Crippen LogP contribution in [0.15, 0.2) is 6.07 Å². The van der Waals surface area contributed by atoms with Crippen molar-refractivity contribution < 1.29 is 17.9 Å². The van der Waals surface area contributed by atoms with Gasteiger partial charge in [-0.05, 0) is 34.2 Å². The maximum atomic E-state index is 12.1. The fraction of sp³-hybridized carbons (Fsp3) is 0.333. The summed E-state index contributed by atoms with van der Waals surface area (Å²) in [6, 6.07) is 3.14. The van der Waals surface area contributed by atoms with Crippen molar-refractivity contribution >= 4 is 38.5 Å². The molecule has 8 heteroatoms. The van der Waals surface area contributed by atoms with Crippen LogP contribution in [0, 0.1) is 15.0 Å². The van der Waals surface area contributed by atoms with E-state index in [4.69, 9.17) is 5.26 Å². The summed E-state index contributed by atoms with van der Waals surface area (Å²) in [6.07, 6.45) is -4.70. The van der Waals surface area contributed by atoms with Crippen LogP contribution in [0.2, 0.25) is 0 Å². The van der Waals surface area contributed by atoms with Crippen LogP contribution >= 0.6 is 38.5 Å². The summed E-state index contributed by atoms with van der Waals surface area (Å²) < 4.78 is 40.2.